The van der Waals surface area contributed by atoms with Crippen LogP contribution < -0.4 is 5.32 Å². The van der Waals surface area contributed by atoms with Crippen LogP contribution in [0.1, 0.15) is 23.9 Å². The van der Waals surface area contributed by atoms with Gasteiger partial charge in [0.2, 0.25) is 0 Å². The van der Waals surface area contributed by atoms with E-state index in [0.717, 1.165) is 30.9 Å². The second-order valence-corrected chi connectivity index (χ2v) is 4.08. The molecule has 1 fully saturated rings. The van der Waals surface area contributed by atoms with Crippen molar-refractivity contribution in [2.45, 2.75) is 12.3 Å². The number of imidazole rings is 1. The van der Waals surface area contributed by atoms with Crippen LogP contribution in [0.5, 0.6) is 0 Å². The Bertz CT molecular complexity index is 558. The van der Waals surface area contributed by atoms with E-state index in [1.54, 1.807) is 0 Å². The van der Waals surface area contributed by atoms with E-state index in [1.807, 2.05) is 28.8 Å². The molecule has 4 heteroatoms. The number of fused-ring (bicyclic) bond motifs is 1. The largest absolute Gasteiger partial charge is 0.316 e. The van der Waals surface area contributed by atoms with Gasteiger partial charge >= 0.3 is 0 Å². The topological polar surface area (TPSA) is 53.1 Å². The van der Waals surface area contributed by atoms with Crippen molar-refractivity contribution in [1.29, 1.82) is 5.26 Å². The summed E-state index contributed by atoms with van der Waals surface area (Å²) in [6.07, 6.45) is 3.08. The molecule has 80 valence electrons. The number of aromatic nitrogens is 2. The number of hydrogen-bond acceptors (Lipinski definition) is 3. The van der Waals surface area contributed by atoms with Crippen LogP contribution in [0, 0.1) is 11.3 Å². The van der Waals surface area contributed by atoms with Crippen LogP contribution in [-0.2, 0) is 0 Å². The van der Waals surface area contributed by atoms with E-state index in [0.29, 0.717) is 11.6 Å². The SMILES string of the molecule is N#Cc1nc(C2CCNC2)n2ccccc12. The third-order valence-electron chi connectivity index (χ3n) is 3.11. The fraction of sp³-hybridized carbons (Fsp3) is 0.333. The Morgan fingerprint density at radius 1 is 1.50 bits per heavy atom. The first kappa shape index (κ1) is 9.37. The molecule has 0 saturated carbocycles. The Hall–Kier alpha value is -1.86. The summed E-state index contributed by atoms with van der Waals surface area (Å²) in [5.41, 5.74) is 1.44. The average molecular weight is 212 g/mol. The predicted molar refractivity (Wildman–Crippen MR) is 60.1 cm³/mol. The fourth-order valence-corrected chi connectivity index (χ4v) is 2.31. The van der Waals surface area contributed by atoms with Crippen LogP contribution in [0.15, 0.2) is 24.4 Å². The summed E-state index contributed by atoms with van der Waals surface area (Å²) in [6, 6.07) is 8.02. The number of pyridine rings is 1. The average Bonchev–Trinajstić information content (AvgIpc) is 2.95. The minimum absolute atomic E-state index is 0.428. The molecule has 3 heterocycles. The lowest BCUT2D eigenvalue weighted by atomic mass is 10.1. The van der Waals surface area contributed by atoms with Crippen molar-refractivity contribution in [2.24, 2.45) is 0 Å². The van der Waals surface area contributed by atoms with Crippen LogP contribution in [0.2, 0.25) is 0 Å². The summed E-state index contributed by atoms with van der Waals surface area (Å²) in [5.74, 6) is 1.44. The number of nitriles is 1. The van der Waals surface area contributed by atoms with Crippen LogP contribution in [-0.4, -0.2) is 22.5 Å². The molecule has 1 aliphatic rings. The molecule has 4 nitrogen and oxygen atoms in total. The Morgan fingerprint density at radius 3 is 3.19 bits per heavy atom. The Kier molecular flexibility index (Phi) is 2.12. The first-order chi connectivity index (χ1) is 7.90. The van der Waals surface area contributed by atoms with E-state index in [2.05, 4.69) is 16.4 Å². The van der Waals surface area contributed by atoms with Crippen LogP contribution in [0.3, 0.4) is 0 Å². The van der Waals surface area contributed by atoms with Gasteiger partial charge in [-0.1, -0.05) is 6.07 Å². The zero-order valence-corrected chi connectivity index (χ0v) is 8.85. The molecular formula is C12H12N4. The molecule has 16 heavy (non-hydrogen) atoms. The smallest absolute Gasteiger partial charge is 0.166 e. The number of rotatable bonds is 1. The van der Waals surface area contributed by atoms with Gasteiger partial charge in [0.1, 0.15) is 11.9 Å². The van der Waals surface area contributed by atoms with E-state index in [9.17, 15) is 0 Å². The standard InChI is InChI=1S/C12H12N4/c13-7-10-11-3-1-2-6-16(11)12(15-10)9-4-5-14-8-9/h1-3,6,9,14H,4-5,8H2. The Balaban J connectivity index is 2.21. The lowest BCUT2D eigenvalue weighted by Crippen LogP contribution is -2.10. The molecule has 1 N–H and O–H groups in total. The number of nitrogens with one attached hydrogen (secondary N) is 1. The van der Waals surface area contributed by atoms with Crippen LogP contribution in [0.25, 0.3) is 5.52 Å². The summed E-state index contributed by atoms with van der Waals surface area (Å²) in [5, 5.41) is 12.4. The lowest BCUT2D eigenvalue weighted by Gasteiger charge is -2.06. The molecule has 0 spiro atoms. The molecule has 3 rings (SSSR count). The van der Waals surface area contributed by atoms with Crippen molar-refractivity contribution in [3.63, 3.8) is 0 Å². The minimum atomic E-state index is 0.428. The van der Waals surface area contributed by atoms with Gasteiger partial charge in [-0.05, 0) is 25.1 Å². The summed E-state index contributed by atoms with van der Waals surface area (Å²) in [7, 11) is 0. The van der Waals surface area contributed by atoms with Gasteiger partial charge in [-0.25, -0.2) is 4.98 Å². The van der Waals surface area contributed by atoms with Crippen molar-refractivity contribution in [3.05, 3.63) is 35.9 Å². The molecule has 0 amide bonds. The third kappa shape index (κ3) is 1.29. The summed E-state index contributed by atoms with van der Waals surface area (Å²) in [4.78, 5) is 4.45. The molecule has 1 aliphatic heterocycles. The summed E-state index contributed by atoms with van der Waals surface area (Å²) < 4.78 is 2.04. The van der Waals surface area contributed by atoms with Gasteiger partial charge in [-0.15, -0.1) is 0 Å². The van der Waals surface area contributed by atoms with E-state index >= 15 is 0 Å². The van der Waals surface area contributed by atoms with Gasteiger partial charge in [0.25, 0.3) is 0 Å². The molecule has 1 saturated heterocycles. The maximum absolute atomic E-state index is 9.05. The van der Waals surface area contributed by atoms with Crippen molar-refractivity contribution < 1.29 is 0 Å². The predicted octanol–water partition coefficient (Wildman–Crippen LogP) is 1.28. The maximum atomic E-state index is 9.05. The Labute approximate surface area is 93.5 Å². The molecule has 1 unspecified atom stereocenters. The summed E-state index contributed by atoms with van der Waals surface area (Å²) >= 11 is 0. The van der Waals surface area contributed by atoms with Gasteiger partial charge in [0, 0.05) is 18.7 Å². The third-order valence-corrected chi connectivity index (χ3v) is 3.11. The van der Waals surface area contributed by atoms with Crippen LogP contribution in [0.4, 0.5) is 0 Å². The number of hydrogen-bond donors (Lipinski definition) is 1. The van der Waals surface area contributed by atoms with E-state index in [-0.39, 0.29) is 0 Å². The van der Waals surface area contributed by atoms with E-state index in [4.69, 9.17) is 5.26 Å². The lowest BCUT2D eigenvalue weighted by molar-refractivity contribution is 0.698. The first-order valence-electron chi connectivity index (χ1n) is 5.48. The van der Waals surface area contributed by atoms with Crippen molar-refractivity contribution in [2.75, 3.05) is 13.1 Å². The monoisotopic (exact) mass is 212 g/mol. The maximum Gasteiger partial charge on any atom is 0.166 e. The van der Waals surface area contributed by atoms with Crippen molar-refractivity contribution in [3.8, 4) is 6.07 Å². The first-order valence-corrected chi connectivity index (χ1v) is 5.48. The zero-order valence-electron chi connectivity index (χ0n) is 8.85. The summed E-state index contributed by atoms with van der Waals surface area (Å²) in [6.45, 7) is 1.99. The number of nitrogens with zero attached hydrogens (tertiary/aromatic N) is 3. The molecule has 2 aromatic rings. The second kappa shape index (κ2) is 3.62. The van der Waals surface area contributed by atoms with Gasteiger partial charge in [-0.2, -0.15) is 5.26 Å². The highest BCUT2D eigenvalue weighted by Crippen LogP contribution is 2.24. The fourth-order valence-electron chi connectivity index (χ4n) is 2.31. The zero-order chi connectivity index (χ0) is 11.0. The highest BCUT2D eigenvalue weighted by atomic mass is 15.0. The van der Waals surface area contributed by atoms with Crippen LogP contribution >= 0.6 is 0 Å². The van der Waals surface area contributed by atoms with Gasteiger partial charge < -0.3 is 9.72 Å². The molecule has 0 aliphatic carbocycles. The van der Waals surface area contributed by atoms with E-state index in [1.165, 1.54) is 0 Å². The molecular weight excluding hydrogens is 200 g/mol. The molecule has 1 atom stereocenters. The van der Waals surface area contributed by atoms with Crippen molar-refractivity contribution >= 4 is 5.52 Å². The second-order valence-electron chi connectivity index (χ2n) is 4.08. The van der Waals surface area contributed by atoms with E-state index < -0.39 is 0 Å². The van der Waals surface area contributed by atoms with Gasteiger partial charge in [0.15, 0.2) is 5.69 Å². The van der Waals surface area contributed by atoms with Crippen molar-refractivity contribution in [1.82, 2.24) is 14.7 Å². The highest BCUT2D eigenvalue weighted by Gasteiger charge is 2.22. The quantitative estimate of drug-likeness (QED) is 0.774. The molecule has 0 bridgehead atoms. The Morgan fingerprint density at radius 2 is 2.44 bits per heavy atom. The normalized spacial score (nSPS) is 20.1. The van der Waals surface area contributed by atoms with Gasteiger partial charge in [0.05, 0.1) is 5.52 Å². The molecule has 0 aromatic carbocycles. The molecule has 2 aromatic heterocycles. The molecule has 0 radical (unpaired) electrons. The minimum Gasteiger partial charge on any atom is -0.316 e. The highest BCUT2D eigenvalue weighted by molar-refractivity contribution is 5.58. The van der Waals surface area contributed by atoms with Gasteiger partial charge in [-0.3, -0.25) is 0 Å².